The number of rotatable bonds is 4. The molecular formula is C12H19N3O3S. The minimum atomic E-state index is -3.47. The molecule has 1 aliphatic rings. The van der Waals surface area contributed by atoms with Crippen LogP contribution < -0.4 is 11.1 Å². The van der Waals surface area contributed by atoms with Gasteiger partial charge >= 0.3 is 0 Å². The number of hydrogen-bond acceptors (Lipinski definition) is 5. The number of hydrogen-bond donors (Lipinski definition) is 2. The lowest BCUT2D eigenvalue weighted by atomic mass is 10.2. The largest absolute Gasteiger partial charge is 0.397 e. The summed E-state index contributed by atoms with van der Waals surface area (Å²) in [5.41, 5.74) is 7.06. The Morgan fingerprint density at radius 3 is 2.63 bits per heavy atom. The Hall–Kier alpha value is -1.31. The van der Waals surface area contributed by atoms with E-state index in [4.69, 9.17) is 10.5 Å². The van der Waals surface area contributed by atoms with Crippen LogP contribution >= 0.6 is 0 Å². The van der Waals surface area contributed by atoms with Gasteiger partial charge in [-0.1, -0.05) is 0 Å². The average molecular weight is 285 g/mol. The Kier molecular flexibility index (Phi) is 4.28. The quantitative estimate of drug-likeness (QED) is 0.796. The van der Waals surface area contributed by atoms with Crippen LogP contribution in [0, 0.1) is 0 Å². The topological polar surface area (TPSA) is 84.7 Å². The molecule has 1 heterocycles. The third-order valence-corrected chi connectivity index (χ3v) is 4.89. The minimum Gasteiger partial charge on any atom is -0.397 e. The lowest BCUT2D eigenvalue weighted by Gasteiger charge is -2.26. The highest BCUT2D eigenvalue weighted by atomic mass is 32.2. The van der Waals surface area contributed by atoms with Crippen LogP contribution in [0.5, 0.6) is 0 Å². The van der Waals surface area contributed by atoms with Crippen molar-refractivity contribution in [1.82, 2.24) is 4.31 Å². The van der Waals surface area contributed by atoms with Gasteiger partial charge in [-0.25, -0.2) is 8.42 Å². The number of sulfonamides is 1. The lowest BCUT2D eigenvalue weighted by Crippen LogP contribution is -2.40. The molecule has 1 aromatic rings. The number of benzene rings is 1. The van der Waals surface area contributed by atoms with Crippen LogP contribution in [0.3, 0.4) is 0 Å². The predicted molar refractivity (Wildman–Crippen MR) is 74.6 cm³/mol. The molecular weight excluding hydrogens is 266 g/mol. The molecule has 1 aliphatic heterocycles. The second-order valence-corrected chi connectivity index (χ2v) is 6.23. The maximum Gasteiger partial charge on any atom is 0.243 e. The SMILES string of the molecule is CCNc1ccc(S(=O)(=O)N2CCOCC2)cc1N. The molecule has 6 nitrogen and oxygen atoms in total. The van der Waals surface area contributed by atoms with E-state index in [1.807, 2.05) is 6.92 Å². The van der Waals surface area contributed by atoms with Crippen molar-refractivity contribution in [3.63, 3.8) is 0 Å². The van der Waals surface area contributed by atoms with E-state index in [1.165, 1.54) is 10.4 Å². The van der Waals surface area contributed by atoms with Crippen LogP contribution in [0.2, 0.25) is 0 Å². The number of morpholine rings is 1. The molecule has 0 amide bonds. The predicted octanol–water partition coefficient (Wildman–Crippen LogP) is 0.721. The molecule has 0 aliphatic carbocycles. The first-order valence-corrected chi connectivity index (χ1v) is 7.71. The van der Waals surface area contributed by atoms with E-state index in [0.717, 1.165) is 12.2 Å². The molecule has 19 heavy (non-hydrogen) atoms. The van der Waals surface area contributed by atoms with Gasteiger partial charge < -0.3 is 15.8 Å². The van der Waals surface area contributed by atoms with Gasteiger partial charge in [-0.2, -0.15) is 4.31 Å². The van der Waals surface area contributed by atoms with Crippen molar-refractivity contribution in [2.75, 3.05) is 43.9 Å². The smallest absolute Gasteiger partial charge is 0.243 e. The maximum atomic E-state index is 12.4. The van der Waals surface area contributed by atoms with Gasteiger partial charge in [0, 0.05) is 19.6 Å². The summed E-state index contributed by atoms with van der Waals surface area (Å²) in [5, 5.41) is 3.08. The highest BCUT2D eigenvalue weighted by molar-refractivity contribution is 7.89. The summed E-state index contributed by atoms with van der Waals surface area (Å²) in [5.74, 6) is 0. The fraction of sp³-hybridized carbons (Fsp3) is 0.500. The number of nitrogens with two attached hydrogens (primary N) is 1. The fourth-order valence-corrected chi connectivity index (χ4v) is 3.43. The summed E-state index contributed by atoms with van der Waals surface area (Å²) < 4.78 is 31.4. The average Bonchev–Trinajstić information content (AvgIpc) is 2.42. The number of nitrogens with zero attached hydrogens (tertiary/aromatic N) is 1. The molecule has 0 saturated carbocycles. The summed E-state index contributed by atoms with van der Waals surface area (Å²) >= 11 is 0. The second kappa shape index (κ2) is 5.77. The zero-order valence-electron chi connectivity index (χ0n) is 10.9. The van der Waals surface area contributed by atoms with Crippen molar-refractivity contribution < 1.29 is 13.2 Å². The number of nitrogen functional groups attached to an aromatic ring is 1. The molecule has 0 spiro atoms. The maximum absolute atomic E-state index is 12.4. The molecule has 1 aromatic carbocycles. The van der Waals surface area contributed by atoms with E-state index in [2.05, 4.69) is 5.32 Å². The monoisotopic (exact) mass is 285 g/mol. The van der Waals surface area contributed by atoms with E-state index in [-0.39, 0.29) is 4.90 Å². The normalized spacial score (nSPS) is 17.3. The number of ether oxygens (including phenoxy) is 1. The van der Waals surface area contributed by atoms with Crippen molar-refractivity contribution in [1.29, 1.82) is 0 Å². The fourth-order valence-electron chi connectivity index (χ4n) is 1.99. The second-order valence-electron chi connectivity index (χ2n) is 4.30. The molecule has 106 valence electrons. The van der Waals surface area contributed by atoms with Gasteiger partial charge in [0.15, 0.2) is 0 Å². The van der Waals surface area contributed by atoms with Crippen molar-refractivity contribution >= 4 is 21.4 Å². The zero-order valence-corrected chi connectivity index (χ0v) is 11.7. The molecule has 0 bridgehead atoms. The minimum absolute atomic E-state index is 0.230. The van der Waals surface area contributed by atoms with Crippen LogP contribution in [0.15, 0.2) is 23.1 Å². The zero-order chi connectivity index (χ0) is 13.9. The standard InChI is InChI=1S/C12H19N3O3S/c1-2-14-12-4-3-10(9-11(12)13)19(16,17)15-5-7-18-8-6-15/h3-4,9,14H,2,5-8,13H2,1H3. The molecule has 0 atom stereocenters. The molecule has 3 N–H and O–H groups in total. The number of nitrogens with one attached hydrogen (secondary N) is 1. The Morgan fingerprint density at radius 1 is 1.37 bits per heavy atom. The lowest BCUT2D eigenvalue weighted by molar-refractivity contribution is 0.0730. The van der Waals surface area contributed by atoms with Gasteiger partial charge in [-0.3, -0.25) is 0 Å². The van der Waals surface area contributed by atoms with Crippen LogP contribution in [0.4, 0.5) is 11.4 Å². The highest BCUT2D eigenvalue weighted by Gasteiger charge is 2.26. The highest BCUT2D eigenvalue weighted by Crippen LogP contribution is 2.25. The van der Waals surface area contributed by atoms with Crippen LogP contribution in [0.1, 0.15) is 6.92 Å². The number of anilines is 2. The molecule has 1 saturated heterocycles. The van der Waals surface area contributed by atoms with Gasteiger partial charge in [0.25, 0.3) is 0 Å². The van der Waals surface area contributed by atoms with Crippen molar-refractivity contribution in [2.45, 2.75) is 11.8 Å². The van der Waals surface area contributed by atoms with Crippen molar-refractivity contribution in [3.05, 3.63) is 18.2 Å². The van der Waals surface area contributed by atoms with Gasteiger partial charge in [-0.15, -0.1) is 0 Å². The van der Waals surface area contributed by atoms with E-state index < -0.39 is 10.0 Å². The van der Waals surface area contributed by atoms with Crippen molar-refractivity contribution in [3.8, 4) is 0 Å². The van der Waals surface area contributed by atoms with Gasteiger partial charge in [0.05, 0.1) is 29.5 Å². The molecule has 0 radical (unpaired) electrons. The Bertz CT molecular complexity index is 539. The molecule has 7 heteroatoms. The summed E-state index contributed by atoms with van der Waals surface area (Å²) in [4.78, 5) is 0.230. The van der Waals surface area contributed by atoms with Gasteiger partial charge in [-0.05, 0) is 25.1 Å². The third-order valence-electron chi connectivity index (χ3n) is 3.00. The first kappa shape index (κ1) is 14.1. The first-order valence-electron chi connectivity index (χ1n) is 6.27. The van der Waals surface area contributed by atoms with Gasteiger partial charge in [0.2, 0.25) is 10.0 Å². The summed E-state index contributed by atoms with van der Waals surface area (Å²) in [6.45, 7) is 4.33. The summed E-state index contributed by atoms with van der Waals surface area (Å²) in [6, 6.07) is 4.79. The molecule has 2 rings (SSSR count). The molecule has 0 unspecified atom stereocenters. The molecule has 1 fully saturated rings. The first-order chi connectivity index (χ1) is 9.05. The van der Waals surface area contributed by atoms with Crippen LogP contribution in [-0.2, 0) is 14.8 Å². The van der Waals surface area contributed by atoms with E-state index in [1.54, 1.807) is 12.1 Å². The Balaban J connectivity index is 2.27. The van der Waals surface area contributed by atoms with Crippen LogP contribution in [-0.4, -0.2) is 45.6 Å². The van der Waals surface area contributed by atoms with E-state index >= 15 is 0 Å². The van der Waals surface area contributed by atoms with Gasteiger partial charge in [0.1, 0.15) is 0 Å². The molecule has 0 aromatic heterocycles. The summed E-state index contributed by atoms with van der Waals surface area (Å²) in [7, 11) is -3.47. The Morgan fingerprint density at radius 2 is 2.05 bits per heavy atom. The third kappa shape index (κ3) is 2.99. The summed E-state index contributed by atoms with van der Waals surface area (Å²) in [6.07, 6.45) is 0. The van der Waals surface area contributed by atoms with E-state index in [9.17, 15) is 8.42 Å². The Labute approximate surface area is 113 Å². The van der Waals surface area contributed by atoms with E-state index in [0.29, 0.717) is 32.0 Å². The van der Waals surface area contributed by atoms with Crippen molar-refractivity contribution in [2.24, 2.45) is 0 Å². The van der Waals surface area contributed by atoms with Crippen LogP contribution in [0.25, 0.3) is 0 Å².